The van der Waals surface area contributed by atoms with E-state index in [1.54, 1.807) is 6.92 Å². The summed E-state index contributed by atoms with van der Waals surface area (Å²) in [6.07, 6.45) is -0.503. The summed E-state index contributed by atoms with van der Waals surface area (Å²) < 4.78 is 0. The maximum atomic E-state index is 10.8. The number of aliphatic hydroxyl groups excluding tert-OH is 1. The van der Waals surface area contributed by atoms with Gasteiger partial charge in [0.05, 0.1) is 6.10 Å². The van der Waals surface area contributed by atoms with Gasteiger partial charge in [0.1, 0.15) is 5.75 Å². The van der Waals surface area contributed by atoms with Gasteiger partial charge < -0.3 is 15.5 Å². The second-order valence-corrected chi connectivity index (χ2v) is 8.85. The summed E-state index contributed by atoms with van der Waals surface area (Å²) in [4.78, 5) is 0. The third-order valence-electron chi connectivity index (χ3n) is 4.38. The van der Waals surface area contributed by atoms with Gasteiger partial charge in [0, 0.05) is 22.5 Å². The summed E-state index contributed by atoms with van der Waals surface area (Å²) in [7, 11) is 0. The number of nitrogens with one attached hydrogen (secondary N) is 1. The van der Waals surface area contributed by atoms with E-state index >= 15 is 0 Å². The van der Waals surface area contributed by atoms with Crippen molar-refractivity contribution in [3.05, 3.63) is 53.1 Å². The molecule has 3 nitrogen and oxygen atoms in total. The molecule has 0 saturated heterocycles. The fraction of sp³-hybridized carbons (Fsp3) is 0.455. The van der Waals surface area contributed by atoms with Gasteiger partial charge in [-0.1, -0.05) is 53.7 Å². The van der Waals surface area contributed by atoms with E-state index in [4.69, 9.17) is 0 Å². The molecule has 0 aliphatic rings. The Balaban J connectivity index is 2.53. The van der Waals surface area contributed by atoms with Gasteiger partial charge >= 0.3 is 0 Å². The standard InChI is InChI=1S/C22H31NO2/c1-14(24)15-9-8-10-16(11-15)23-17-12-18(21(2,3)4)20(25)19(13-17)22(5,6)7/h8-14,23-25H,1-7H3. The van der Waals surface area contributed by atoms with Crippen LogP contribution in [0.15, 0.2) is 36.4 Å². The van der Waals surface area contributed by atoms with Gasteiger partial charge in [0.2, 0.25) is 0 Å². The van der Waals surface area contributed by atoms with Crippen molar-refractivity contribution in [2.24, 2.45) is 0 Å². The maximum absolute atomic E-state index is 10.8. The van der Waals surface area contributed by atoms with E-state index in [0.717, 1.165) is 28.1 Å². The highest BCUT2D eigenvalue weighted by molar-refractivity contribution is 5.66. The normalized spacial score (nSPS) is 13.6. The first kappa shape index (κ1) is 19.3. The molecule has 0 saturated carbocycles. The fourth-order valence-corrected chi connectivity index (χ4v) is 2.89. The Morgan fingerprint density at radius 3 is 1.80 bits per heavy atom. The van der Waals surface area contributed by atoms with Crippen molar-refractivity contribution in [3.8, 4) is 5.75 Å². The lowest BCUT2D eigenvalue weighted by Crippen LogP contribution is -2.17. The van der Waals surface area contributed by atoms with Crippen LogP contribution in [0.1, 0.15) is 71.3 Å². The molecule has 2 rings (SSSR count). The first-order chi connectivity index (χ1) is 11.4. The van der Waals surface area contributed by atoms with Crippen molar-refractivity contribution in [1.82, 2.24) is 0 Å². The molecule has 1 atom stereocenters. The topological polar surface area (TPSA) is 52.5 Å². The van der Waals surface area contributed by atoms with Crippen molar-refractivity contribution in [2.45, 2.75) is 65.4 Å². The van der Waals surface area contributed by atoms with Gasteiger partial charge in [-0.3, -0.25) is 0 Å². The molecule has 0 heterocycles. The Labute approximate surface area is 151 Å². The zero-order chi connectivity index (χ0) is 19.0. The number of aromatic hydroxyl groups is 1. The van der Waals surface area contributed by atoms with Gasteiger partial charge in [-0.05, 0) is 47.6 Å². The number of hydrogen-bond donors (Lipinski definition) is 3. The van der Waals surface area contributed by atoms with Gasteiger partial charge in [-0.15, -0.1) is 0 Å². The van der Waals surface area contributed by atoms with Crippen molar-refractivity contribution in [3.63, 3.8) is 0 Å². The number of anilines is 2. The first-order valence-electron chi connectivity index (χ1n) is 8.82. The van der Waals surface area contributed by atoms with E-state index in [9.17, 15) is 10.2 Å². The van der Waals surface area contributed by atoms with E-state index in [0.29, 0.717) is 5.75 Å². The number of phenols is 1. The van der Waals surface area contributed by atoms with Crippen molar-refractivity contribution >= 4 is 11.4 Å². The minimum Gasteiger partial charge on any atom is -0.507 e. The smallest absolute Gasteiger partial charge is 0.123 e. The zero-order valence-corrected chi connectivity index (χ0v) is 16.4. The quantitative estimate of drug-likeness (QED) is 0.620. The van der Waals surface area contributed by atoms with Gasteiger partial charge in [0.25, 0.3) is 0 Å². The monoisotopic (exact) mass is 341 g/mol. The minimum absolute atomic E-state index is 0.163. The molecule has 0 fully saturated rings. The molecule has 0 amide bonds. The zero-order valence-electron chi connectivity index (χ0n) is 16.4. The van der Waals surface area contributed by atoms with E-state index < -0.39 is 6.10 Å². The summed E-state index contributed by atoms with van der Waals surface area (Å²) in [5.74, 6) is 0.378. The molecule has 0 radical (unpaired) electrons. The van der Waals surface area contributed by atoms with E-state index in [2.05, 4.69) is 46.9 Å². The van der Waals surface area contributed by atoms with E-state index in [1.807, 2.05) is 36.4 Å². The fourth-order valence-electron chi connectivity index (χ4n) is 2.89. The lowest BCUT2D eigenvalue weighted by molar-refractivity contribution is 0.199. The van der Waals surface area contributed by atoms with Crippen LogP contribution in [0.3, 0.4) is 0 Å². The third kappa shape index (κ3) is 4.55. The van der Waals surface area contributed by atoms with Crippen LogP contribution in [0.5, 0.6) is 5.75 Å². The second kappa shape index (κ2) is 6.72. The van der Waals surface area contributed by atoms with Crippen LogP contribution in [-0.2, 0) is 10.8 Å². The van der Waals surface area contributed by atoms with Crippen LogP contribution in [0.4, 0.5) is 11.4 Å². The maximum Gasteiger partial charge on any atom is 0.123 e. The average Bonchev–Trinajstić information content (AvgIpc) is 2.46. The molecule has 0 spiro atoms. The predicted molar refractivity (Wildman–Crippen MR) is 106 cm³/mol. The molecular formula is C22H31NO2. The number of benzene rings is 2. The second-order valence-electron chi connectivity index (χ2n) is 8.85. The molecule has 2 aromatic carbocycles. The van der Waals surface area contributed by atoms with Crippen LogP contribution in [-0.4, -0.2) is 10.2 Å². The van der Waals surface area contributed by atoms with Crippen molar-refractivity contribution < 1.29 is 10.2 Å². The molecule has 3 N–H and O–H groups in total. The molecule has 3 heteroatoms. The lowest BCUT2D eigenvalue weighted by Gasteiger charge is -2.28. The highest BCUT2D eigenvalue weighted by Gasteiger charge is 2.26. The molecule has 0 bridgehead atoms. The Bertz CT molecular complexity index is 714. The summed E-state index contributed by atoms with van der Waals surface area (Å²) in [5.41, 5.74) is 4.25. The van der Waals surface area contributed by atoms with Crippen LogP contribution < -0.4 is 5.32 Å². The Hall–Kier alpha value is -2.00. The minimum atomic E-state index is -0.503. The summed E-state index contributed by atoms with van der Waals surface area (Å²) >= 11 is 0. The summed E-state index contributed by atoms with van der Waals surface area (Å²) in [5, 5.41) is 24.0. The molecule has 0 aliphatic carbocycles. The van der Waals surface area contributed by atoms with Gasteiger partial charge in [0.15, 0.2) is 0 Å². The van der Waals surface area contributed by atoms with E-state index in [1.165, 1.54) is 0 Å². The molecular weight excluding hydrogens is 310 g/mol. The van der Waals surface area contributed by atoms with Gasteiger partial charge in [-0.25, -0.2) is 0 Å². The predicted octanol–water partition coefficient (Wildman–Crippen LogP) is 5.78. The molecule has 0 aliphatic heterocycles. The number of hydrogen-bond acceptors (Lipinski definition) is 3. The van der Waals surface area contributed by atoms with E-state index in [-0.39, 0.29) is 10.8 Å². The summed E-state index contributed by atoms with van der Waals surface area (Å²) in [6.45, 7) is 14.4. The lowest BCUT2D eigenvalue weighted by atomic mass is 9.79. The first-order valence-corrected chi connectivity index (χ1v) is 8.82. The molecule has 136 valence electrons. The molecule has 2 aromatic rings. The SMILES string of the molecule is CC(O)c1cccc(Nc2cc(C(C)(C)C)c(O)c(C(C)(C)C)c2)c1. The Morgan fingerprint density at radius 2 is 1.36 bits per heavy atom. The van der Waals surface area contributed by atoms with Crippen molar-refractivity contribution in [2.75, 3.05) is 5.32 Å². The number of aliphatic hydroxyl groups is 1. The molecule has 1 unspecified atom stereocenters. The number of rotatable bonds is 3. The van der Waals surface area contributed by atoms with Crippen molar-refractivity contribution in [1.29, 1.82) is 0 Å². The largest absolute Gasteiger partial charge is 0.507 e. The summed E-state index contributed by atoms with van der Waals surface area (Å²) in [6, 6.07) is 11.8. The Morgan fingerprint density at radius 1 is 0.840 bits per heavy atom. The number of phenolic OH excluding ortho intramolecular Hbond substituents is 1. The van der Waals surface area contributed by atoms with Crippen LogP contribution in [0.2, 0.25) is 0 Å². The highest BCUT2D eigenvalue weighted by Crippen LogP contribution is 2.41. The van der Waals surface area contributed by atoms with Gasteiger partial charge in [-0.2, -0.15) is 0 Å². The Kier molecular flexibility index (Phi) is 5.19. The highest BCUT2D eigenvalue weighted by atomic mass is 16.3. The molecule has 25 heavy (non-hydrogen) atoms. The average molecular weight is 341 g/mol. The van der Waals surface area contributed by atoms with Crippen LogP contribution >= 0.6 is 0 Å². The molecule has 0 aromatic heterocycles. The van der Waals surface area contributed by atoms with Crippen LogP contribution in [0.25, 0.3) is 0 Å². The van der Waals surface area contributed by atoms with Crippen LogP contribution in [0, 0.1) is 0 Å². The third-order valence-corrected chi connectivity index (χ3v) is 4.38.